The highest BCUT2D eigenvalue weighted by molar-refractivity contribution is 14.1. The number of aromatic nitrogens is 1. The lowest BCUT2D eigenvalue weighted by molar-refractivity contribution is -0.389. The maximum Gasteiger partial charge on any atom is 0.424 e. The van der Waals surface area contributed by atoms with Gasteiger partial charge in [-0.25, -0.2) is 0 Å². The summed E-state index contributed by atoms with van der Waals surface area (Å²) in [6.45, 7) is 1.41. The number of hydrogen-bond donors (Lipinski definition) is 0. The molecular weight excluding hydrogens is 328 g/mol. The summed E-state index contributed by atoms with van der Waals surface area (Å²) in [6, 6.07) is 0. The van der Waals surface area contributed by atoms with Crippen LogP contribution in [0.4, 0.5) is 18.9 Å². The Morgan fingerprint density at radius 2 is 2.07 bits per heavy atom. The van der Waals surface area contributed by atoms with E-state index >= 15 is 0 Å². The first-order valence-electron chi connectivity index (χ1n) is 3.62. The van der Waals surface area contributed by atoms with Gasteiger partial charge in [0, 0.05) is 6.20 Å². The third-order valence-corrected chi connectivity index (χ3v) is 2.95. The molecular formula is C7H4F3IN2O2. The van der Waals surface area contributed by atoms with E-state index in [9.17, 15) is 23.3 Å². The van der Waals surface area contributed by atoms with E-state index in [1.54, 1.807) is 0 Å². The number of halogens is 4. The summed E-state index contributed by atoms with van der Waals surface area (Å²) in [5.41, 5.74) is -2.05. The Morgan fingerprint density at radius 1 is 1.53 bits per heavy atom. The second-order valence-electron chi connectivity index (χ2n) is 2.67. The zero-order valence-corrected chi connectivity index (χ0v) is 9.46. The molecule has 0 saturated carbocycles. The molecule has 0 saturated heterocycles. The van der Waals surface area contributed by atoms with Crippen molar-refractivity contribution in [3.05, 3.63) is 31.1 Å². The van der Waals surface area contributed by atoms with Crippen LogP contribution in [0.5, 0.6) is 0 Å². The van der Waals surface area contributed by atoms with Crippen molar-refractivity contribution in [3.63, 3.8) is 0 Å². The van der Waals surface area contributed by atoms with Gasteiger partial charge in [0.1, 0.15) is 3.57 Å². The van der Waals surface area contributed by atoms with Crippen LogP contribution in [0.3, 0.4) is 0 Å². The number of rotatable bonds is 1. The molecule has 1 aromatic rings. The number of hydrogen-bond acceptors (Lipinski definition) is 3. The van der Waals surface area contributed by atoms with Crippen LogP contribution in [0.2, 0.25) is 0 Å². The number of pyridine rings is 1. The normalized spacial score (nSPS) is 11.5. The average molecular weight is 332 g/mol. The quantitative estimate of drug-likeness (QED) is 0.451. The molecule has 0 spiro atoms. The standard InChI is InChI=1S/C7H4F3IN2O2/c1-3-5(11)6(13(14)15)4(2-12-3)7(8,9)10/h2H,1H3. The maximum absolute atomic E-state index is 12.4. The molecule has 0 aromatic carbocycles. The van der Waals surface area contributed by atoms with E-state index in [1.165, 1.54) is 29.5 Å². The Labute approximate surface area is 95.8 Å². The number of alkyl halides is 3. The molecule has 15 heavy (non-hydrogen) atoms. The molecule has 0 aliphatic carbocycles. The zero-order chi connectivity index (χ0) is 11.8. The van der Waals surface area contributed by atoms with Gasteiger partial charge in [-0.3, -0.25) is 15.1 Å². The van der Waals surface area contributed by atoms with Crippen LogP contribution in [-0.2, 0) is 6.18 Å². The highest BCUT2D eigenvalue weighted by atomic mass is 127. The molecule has 0 radical (unpaired) electrons. The molecule has 0 fully saturated rings. The monoisotopic (exact) mass is 332 g/mol. The van der Waals surface area contributed by atoms with Gasteiger partial charge < -0.3 is 0 Å². The topological polar surface area (TPSA) is 56.0 Å². The number of nitro groups is 1. The first-order chi connectivity index (χ1) is 6.75. The van der Waals surface area contributed by atoms with Crippen LogP contribution in [0, 0.1) is 20.6 Å². The Kier molecular flexibility index (Phi) is 3.16. The Morgan fingerprint density at radius 3 is 2.47 bits per heavy atom. The fourth-order valence-electron chi connectivity index (χ4n) is 0.955. The third kappa shape index (κ3) is 2.36. The average Bonchev–Trinajstić information content (AvgIpc) is 2.06. The van der Waals surface area contributed by atoms with E-state index in [0.29, 0.717) is 6.20 Å². The highest BCUT2D eigenvalue weighted by Gasteiger charge is 2.40. The van der Waals surface area contributed by atoms with Crippen LogP contribution in [0.25, 0.3) is 0 Å². The van der Waals surface area contributed by atoms with Gasteiger partial charge in [-0.15, -0.1) is 0 Å². The van der Waals surface area contributed by atoms with E-state index in [1.807, 2.05) is 0 Å². The molecule has 0 N–H and O–H groups in total. The second-order valence-corrected chi connectivity index (χ2v) is 3.75. The first kappa shape index (κ1) is 12.1. The summed E-state index contributed by atoms with van der Waals surface area (Å²) < 4.78 is 37.0. The van der Waals surface area contributed by atoms with Gasteiger partial charge in [0.25, 0.3) is 5.69 Å². The highest BCUT2D eigenvalue weighted by Crippen LogP contribution is 2.38. The Balaban J connectivity index is 3.55. The summed E-state index contributed by atoms with van der Waals surface area (Å²) in [7, 11) is 0. The van der Waals surface area contributed by atoms with Crippen molar-refractivity contribution in [1.82, 2.24) is 4.98 Å². The van der Waals surface area contributed by atoms with Crippen molar-refractivity contribution < 1.29 is 18.1 Å². The summed E-state index contributed by atoms with van der Waals surface area (Å²) in [4.78, 5) is 12.9. The third-order valence-electron chi connectivity index (χ3n) is 1.66. The summed E-state index contributed by atoms with van der Waals surface area (Å²) >= 11 is 1.48. The molecule has 4 nitrogen and oxygen atoms in total. The molecule has 0 atom stereocenters. The molecule has 0 bridgehead atoms. The molecule has 1 aromatic heterocycles. The van der Waals surface area contributed by atoms with Gasteiger partial charge in [-0.1, -0.05) is 0 Å². The van der Waals surface area contributed by atoms with Crippen LogP contribution in [-0.4, -0.2) is 9.91 Å². The molecule has 0 unspecified atom stereocenters. The van der Waals surface area contributed by atoms with Crippen molar-refractivity contribution in [2.24, 2.45) is 0 Å². The van der Waals surface area contributed by atoms with Crippen molar-refractivity contribution in [2.75, 3.05) is 0 Å². The molecule has 0 amide bonds. The van der Waals surface area contributed by atoms with Gasteiger partial charge in [-0.05, 0) is 29.5 Å². The first-order valence-corrected chi connectivity index (χ1v) is 4.69. The minimum Gasteiger partial charge on any atom is -0.259 e. The predicted molar refractivity (Wildman–Crippen MR) is 53.3 cm³/mol. The van der Waals surface area contributed by atoms with Crippen LogP contribution in [0.1, 0.15) is 11.3 Å². The van der Waals surface area contributed by atoms with Crippen molar-refractivity contribution in [2.45, 2.75) is 13.1 Å². The lowest BCUT2D eigenvalue weighted by Gasteiger charge is -2.08. The molecule has 0 aliphatic heterocycles. The fourth-order valence-corrected chi connectivity index (χ4v) is 1.58. The van der Waals surface area contributed by atoms with Crippen molar-refractivity contribution >= 4 is 28.3 Å². The van der Waals surface area contributed by atoms with E-state index < -0.39 is 22.4 Å². The summed E-state index contributed by atoms with van der Waals surface area (Å²) in [5.74, 6) is 0. The summed E-state index contributed by atoms with van der Waals surface area (Å²) in [6.07, 6.45) is -4.28. The zero-order valence-electron chi connectivity index (χ0n) is 7.30. The minimum atomic E-state index is -4.76. The van der Waals surface area contributed by atoms with Gasteiger partial charge in [0.2, 0.25) is 0 Å². The number of aryl methyl sites for hydroxylation is 1. The van der Waals surface area contributed by atoms with Crippen LogP contribution >= 0.6 is 22.6 Å². The lowest BCUT2D eigenvalue weighted by atomic mass is 10.2. The van der Waals surface area contributed by atoms with E-state index in [0.717, 1.165) is 0 Å². The van der Waals surface area contributed by atoms with E-state index in [-0.39, 0.29) is 9.26 Å². The SMILES string of the molecule is Cc1ncc(C(F)(F)F)c([N+](=O)[O-])c1I. The Bertz CT molecular complexity index is 419. The smallest absolute Gasteiger partial charge is 0.259 e. The molecule has 1 rings (SSSR count). The minimum absolute atomic E-state index is 0.0903. The van der Waals surface area contributed by atoms with Gasteiger partial charge in [0.15, 0.2) is 5.56 Å². The van der Waals surface area contributed by atoms with Crippen molar-refractivity contribution in [3.8, 4) is 0 Å². The second kappa shape index (κ2) is 3.91. The Hall–Kier alpha value is -0.930. The fraction of sp³-hybridized carbons (Fsp3) is 0.286. The van der Waals surface area contributed by atoms with Gasteiger partial charge in [-0.2, -0.15) is 13.2 Å². The van der Waals surface area contributed by atoms with Crippen molar-refractivity contribution in [1.29, 1.82) is 0 Å². The van der Waals surface area contributed by atoms with E-state index in [2.05, 4.69) is 4.98 Å². The van der Waals surface area contributed by atoms with Crippen LogP contribution in [0.15, 0.2) is 6.20 Å². The largest absolute Gasteiger partial charge is 0.424 e. The number of nitrogens with zero attached hydrogens (tertiary/aromatic N) is 2. The predicted octanol–water partition coefficient (Wildman–Crippen LogP) is 2.92. The molecule has 0 aliphatic rings. The van der Waals surface area contributed by atoms with E-state index in [4.69, 9.17) is 0 Å². The van der Waals surface area contributed by atoms with Crippen LogP contribution < -0.4 is 0 Å². The summed E-state index contributed by atoms with van der Waals surface area (Å²) in [5, 5.41) is 10.5. The van der Waals surface area contributed by atoms with Gasteiger partial charge >= 0.3 is 6.18 Å². The maximum atomic E-state index is 12.4. The van der Waals surface area contributed by atoms with Gasteiger partial charge in [0.05, 0.1) is 10.6 Å². The molecule has 82 valence electrons. The lowest BCUT2D eigenvalue weighted by Crippen LogP contribution is -2.11. The molecule has 8 heteroatoms. The molecule has 1 heterocycles.